The van der Waals surface area contributed by atoms with E-state index in [0.717, 1.165) is 15.7 Å². The highest BCUT2D eigenvalue weighted by atomic mass is 32.1. The first kappa shape index (κ1) is 15.5. The van der Waals surface area contributed by atoms with Crippen molar-refractivity contribution in [2.24, 2.45) is 0 Å². The lowest BCUT2D eigenvalue weighted by molar-refractivity contribution is 0.00578. The Morgan fingerprint density at radius 3 is 2.45 bits per heavy atom. The van der Waals surface area contributed by atoms with Crippen LogP contribution >= 0.6 is 11.3 Å². The molecule has 0 N–H and O–H groups in total. The maximum Gasteiger partial charge on any atom is 0.494 e. The Morgan fingerprint density at radius 1 is 1.23 bits per heavy atom. The van der Waals surface area contributed by atoms with Crippen LogP contribution in [0.2, 0.25) is 0 Å². The zero-order valence-electron chi connectivity index (χ0n) is 13.3. The molecule has 1 aromatic heterocycles. The van der Waals surface area contributed by atoms with Gasteiger partial charge in [-0.15, -0.1) is 11.3 Å². The number of ether oxygens (including phenoxy) is 1. The summed E-state index contributed by atoms with van der Waals surface area (Å²) in [5.74, 6) is -0.418. The van der Waals surface area contributed by atoms with Crippen molar-refractivity contribution in [1.29, 1.82) is 0 Å². The maximum atomic E-state index is 11.6. The lowest BCUT2D eigenvalue weighted by Crippen LogP contribution is -2.41. The van der Waals surface area contributed by atoms with E-state index < -0.39 is 13.1 Å². The van der Waals surface area contributed by atoms with Crippen molar-refractivity contribution >= 4 is 40.1 Å². The van der Waals surface area contributed by atoms with Crippen LogP contribution in [0.3, 0.4) is 0 Å². The average Bonchev–Trinajstić information content (AvgIpc) is 2.96. The van der Waals surface area contributed by atoms with E-state index in [2.05, 4.69) is 4.98 Å². The molecule has 0 spiro atoms. The maximum absolute atomic E-state index is 11.6. The lowest BCUT2D eigenvalue weighted by Gasteiger charge is -2.32. The predicted octanol–water partition coefficient (Wildman–Crippen LogP) is 2.38. The van der Waals surface area contributed by atoms with Crippen LogP contribution in [-0.2, 0) is 14.0 Å². The van der Waals surface area contributed by atoms with E-state index in [1.165, 1.54) is 18.4 Å². The molecule has 1 aliphatic heterocycles. The molecule has 0 atom stereocenters. The Balaban J connectivity index is 1.95. The molecule has 5 nitrogen and oxygen atoms in total. The number of esters is 1. The largest absolute Gasteiger partial charge is 0.494 e. The van der Waals surface area contributed by atoms with Gasteiger partial charge in [0.25, 0.3) is 0 Å². The first-order chi connectivity index (χ1) is 10.2. The summed E-state index contributed by atoms with van der Waals surface area (Å²) in [5, 5.41) is 0.351. The molecule has 2 heterocycles. The van der Waals surface area contributed by atoms with E-state index in [1.807, 2.05) is 45.9 Å². The molecular formula is C15H18BNO4S. The topological polar surface area (TPSA) is 57.7 Å². The van der Waals surface area contributed by atoms with Crippen molar-refractivity contribution in [3.05, 3.63) is 23.2 Å². The fourth-order valence-electron chi connectivity index (χ4n) is 2.24. The minimum atomic E-state index is -0.418. The van der Waals surface area contributed by atoms with Gasteiger partial charge < -0.3 is 14.0 Å². The standard InChI is InChI=1S/C15H18BNO4S/c1-14(2)15(3,4)21-16(20-14)9-6-7-10-11(8-9)22-12(17-10)13(18)19-5/h6-8H,1-5H3. The Bertz CT molecular complexity index is 724. The second-order valence-corrected chi connectivity index (χ2v) is 7.36. The molecule has 1 fully saturated rings. The lowest BCUT2D eigenvalue weighted by atomic mass is 9.79. The van der Waals surface area contributed by atoms with Gasteiger partial charge >= 0.3 is 13.1 Å². The van der Waals surface area contributed by atoms with E-state index >= 15 is 0 Å². The van der Waals surface area contributed by atoms with Crippen LogP contribution in [0.15, 0.2) is 18.2 Å². The van der Waals surface area contributed by atoms with Crippen molar-refractivity contribution in [2.75, 3.05) is 7.11 Å². The molecule has 0 aliphatic carbocycles. The summed E-state index contributed by atoms with van der Waals surface area (Å²) in [6, 6.07) is 5.76. The summed E-state index contributed by atoms with van der Waals surface area (Å²) in [6.45, 7) is 8.09. The number of nitrogens with zero attached hydrogens (tertiary/aromatic N) is 1. The SMILES string of the molecule is COC(=O)c1nc2ccc(B3OC(C)(C)C(C)(C)O3)cc2s1. The molecule has 1 aromatic carbocycles. The number of thiazole rings is 1. The summed E-state index contributed by atoms with van der Waals surface area (Å²) in [5.41, 5.74) is 0.937. The summed E-state index contributed by atoms with van der Waals surface area (Å²) < 4.78 is 17.7. The first-order valence-corrected chi connectivity index (χ1v) is 7.89. The summed E-state index contributed by atoms with van der Waals surface area (Å²) >= 11 is 1.31. The number of carbonyl (C=O) groups is 1. The summed E-state index contributed by atoms with van der Waals surface area (Å²) in [7, 11) is 0.933. The van der Waals surface area contributed by atoms with Gasteiger partial charge in [-0.05, 0) is 45.3 Å². The number of hydrogen-bond donors (Lipinski definition) is 0. The van der Waals surface area contributed by atoms with Crippen LogP contribution in [0.1, 0.15) is 37.5 Å². The van der Waals surface area contributed by atoms with Crippen molar-refractivity contribution < 1.29 is 18.8 Å². The zero-order chi connectivity index (χ0) is 16.1. The van der Waals surface area contributed by atoms with Gasteiger partial charge in [0.15, 0.2) is 0 Å². The minimum absolute atomic E-state index is 0.351. The van der Waals surface area contributed by atoms with Gasteiger partial charge in [-0.3, -0.25) is 0 Å². The van der Waals surface area contributed by atoms with Gasteiger partial charge in [-0.2, -0.15) is 0 Å². The molecule has 0 bridgehead atoms. The van der Waals surface area contributed by atoms with Crippen LogP contribution in [0.5, 0.6) is 0 Å². The van der Waals surface area contributed by atoms with E-state index in [9.17, 15) is 4.79 Å². The molecule has 0 amide bonds. The van der Waals surface area contributed by atoms with Crippen LogP contribution in [0.4, 0.5) is 0 Å². The van der Waals surface area contributed by atoms with Crippen molar-refractivity contribution in [3.8, 4) is 0 Å². The van der Waals surface area contributed by atoms with Crippen molar-refractivity contribution in [1.82, 2.24) is 4.98 Å². The zero-order valence-corrected chi connectivity index (χ0v) is 14.1. The van der Waals surface area contributed by atoms with Gasteiger partial charge in [0.2, 0.25) is 5.01 Å². The third-order valence-electron chi connectivity index (χ3n) is 4.30. The summed E-state index contributed by atoms with van der Waals surface area (Å²) in [4.78, 5) is 15.8. The molecule has 1 aliphatic rings. The normalized spacial score (nSPS) is 19.6. The molecule has 1 saturated heterocycles. The highest BCUT2D eigenvalue weighted by Gasteiger charge is 2.51. The molecular weight excluding hydrogens is 301 g/mol. The summed E-state index contributed by atoms with van der Waals surface area (Å²) in [6.07, 6.45) is 0. The van der Waals surface area contributed by atoms with Crippen molar-refractivity contribution in [3.63, 3.8) is 0 Å². The molecule has 22 heavy (non-hydrogen) atoms. The number of fused-ring (bicyclic) bond motifs is 1. The molecule has 2 aromatic rings. The number of rotatable bonds is 2. The van der Waals surface area contributed by atoms with Crippen LogP contribution < -0.4 is 5.46 Å². The molecule has 0 unspecified atom stereocenters. The fourth-order valence-corrected chi connectivity index (χ4v) is 3.17. The molecule has 0 radical (unpaired) electrons. The third-order valence-corrected chi connectivity index (χ3v) is 5.30. The Kier molecular flexibility index (Phi) is 3.54. The van der Waals surface area contributed by atoms with Crippen LogP contribution in [0, 0.1) is 0 Å². The minimum Gasteiger partial charge on any atom is -0.464 e. The fraction of sp³-hybridized carbons (Fsp3) is 0.467. The smallest absolute Gasteiger partial charge is 0.464 e. The number of carbonyl (C=O) groups excluding carboxylic acids is 1. The number of aromatic nitrogens is 1. The Morgan fingerprint density at radius 2 is 1.86 bits per heavy atom. The van der Waals surface area contributed by atoms with E-state index in [-0.39, 0.29) is 11.2 Å². The number of benzene rings is 1. The van der Waals surface area contributed by atoms with Crippen LogP contribution in [-0.4, -0.2) is 36.4 Å². The highest BCUT2D eigenvalue weighted by molar-refractivity contribution is 7.20. The van der Waals surface area contributed by atoms with E-state index in [1.54, 1.807) is 0 Å². The number of methoxy groups -OCH3 is 1. The number of hydrogen-bond acceptors (Lipinski definition) is 6. The molecule has 116 valence electrons. The van der Waals surface area contributed by atoms with Gasteiger partial charge in [-0.1, -0.05) is 6.07 Å². The van der Waals surface area contributed by atoms with E-state index in [0.29, 0.717) is 5.01 Å². The van der Waals surface area contributed by atoms with Gasteiger partial charge in [-0.25, -0.2) is 9.78 Å². The van der Waals surface area contributed by atoms with Crippen LogP contribution in [0.25, 0.3) is 10.2 Å². The van der Waals surface area contributed by atoms with Gasteiger partial charge in [0.05, 0.1) is 28.5 Å². The second-order valence-electron chi connectivity index (χ2n) is 6.33. The Hall–Kier alpha value is -1.44. The third kappa shape index (κ3) is 2.43. The van der Waals surface area contributed by atoms with Gasteiger partial charge in [0.1, 0.15) is 0 Å². The quantitative estimate of drug-likeness (QED) is 0.628. The highest BCUT2D eigenvalue weighted by Crippen LogP contribution is 2.36. The van der Waals surface area contributed by atoms with Crippen molar-refractivity contribution in [2.45, 2.75) is 38.9 Å². The average molecular weight is 319 g/mol. The molecule has 7 heteroatoms. The van der Waals surface area contributed by atoms with Gasteiger partial charge in [0, 0.05) is 0 Å². The predicted molar refractivity (Wildman–Crippen MR) is 86.7 cm³/mol. The van der Waals surface area contributed by atoms with E-state index in [4.69, 9.17) is 14.0 Å². The second kappa shape index (κ2) is 5.04. The monoisotopic (exact) mass is 319 g/mol. The Labute approximate surface area is 133 Å². The molecule has 0 saturated carbocycles. The molecule has 3 rings (SSSR count). The first-order valence-electron chi connectivity index (χ1n) is 7.08.